The lowest BCUT2D eigenvalue weighted by molar-refractivity contribution is -0.146. The minimum atomic E-state index is -1.27. The van der Waals surface area contributed by atoms with E-state index in [1.165, 1.54) is 47.5 Å². The van der Waals surface area contributed by atoms with Gasteiger partial charge in [0.05, 0.1) is 11.8 Å². The fourth-order valence-corrected chi connectivity index (χ4v) is 6.80. The number of amides is 2. The first-order valence-corrected chi connectivity index (χ1v) is 11.9. The van der Waals surface area contributed by atoms with Crippen molar-refractivity contribution in [2.75, 3.05) is 5.75 Å². The molecular formula is C21H21N5O5S2. The van der Waals surface area contributed by atoms with E-state index in [1.807, 2.05) is 18.2 Å². The summed E-state index contributed by atoms with van der Waals surface area (Å²) in [6, 6.07) is 10.1. The van der Waals surface area contributed by atoms with Crippen LogP contribution in [0.25, 0.3) is 0 Å². The first-order chi connectivity index (χ1) is 15.8. The van der Waals surface area contributed by atoms with Crippen LogP contribution in [0.15, 0.2) is 57.5 Å². The van der Waals surface area contributed by atoms with Crippen molar-refractivity contribution in [2.45, 2.75) is 35.2 Å². The van der Waals surface area contributed by atoms with Crippen LogP contribution in [0.5, 0.6) is 0 Å². The Morgan fingerprint density at radius 2 is 2.09 bits per heavy atom. The van der Waals surface area contributed by atoms with Crippen LogP contribution < -0.4 is 16.6 Å². The molecule has 1 aromatic heterocycles. The number of carbonyl (C=O) groups is 3. The topological polar surface area (TPSA) is 158 Å². The highest BCUT2D eigenvalue weighted by atomic mass is 32.2. The van der Waals surface area contributed by atoms with Crippen LogP contribution in [0.3, 0.4) is 0 Å². The van der Waals surface area contributed by atoms with E-state index in [4.69, 9.17) is 5.73 Å². The molecule has 4 rings (SSSR count). The van der Waals surface area contributed by atoms with Crippen molar-refractivity contribution in [2.24, 2.45) is 5.73 Å². The molecule has 33 heavy (non-hydrogen) atoms. The Bertz CT molecular complexity index is 1210. The molecule has 2 atom stereocenters. The lowest BCUT2D eigenvalue weighted by atomic mass is 9.91. The quantitative estimate of drug-likeness (QED) is 0.329. The molecule has 1 fully saturated rings. The number of carboxylic acids is 1. The number of rotatable bonds is 7. The van der Waals surface area contributed by atoms with E-state index in [0.717, 1.165) is 5.56 Å². The van der Waals surface area contributed by atoms with Crippen LogP contribution >= 0.6 is 23.5 Å². The van der Waals surface area contributed by atoms with Crippen molar-refractivity contribution < 1.29 is 19.5 Å². The average Bonchev–Trinajstić information content (AvgIpc) is 2.78. The highest BCUT2D eigenvalue weighted by Gasteiger charge is 2.56. The third-order valence-corrected chi connectivity index (χ3v) is 7.89. The minimum absolute atomic E-state index is 0.0867. The highest BCUT2D eigenvalue weighted by molar-refractivity contribution is 8.01. The zero-order valence-electron chi connectivity index (χ0n) is 17.5. The molecule has 3 heterocycles. The first kappa shape index (κ1) is 23.1. The summed E-state index contributed by atoms with van der Waals surface area (Å²) in [6.07, 6.45) is 0.162. The lowest BCUT2D eigenvalue weighted by Gasteiger charge is -2.52. The van der Waals surface area contributed by atoms with Crippen molar-refractivity contribution >= 4 is 41.3 Å². The number of fused-ring (bicyclic) bond motifs is 1. The molecule has 1 saturated heterocycles. The van der Waals surface area contributed by atoms with Crippen LogP contribution in [0, 0.1) is 0 Å². The zero-order chi connectivity index (χ0) is 23.8. The molecule has 2 aromatic rings. The van der Waals surface area contributed by atoms with E-state index in [2.05, 4.69) is 15.5 Å². The van der Waals surface area contributed by atoms with E-state index in [0.29, 0.717) is 16.2 Å². The summed E-state index contributed by atoms with van der Waals surface area (Å²) in [5, 5.41) is 19.5. The number of hydrogen-bond donors (Lipinski definition) is 4. The number of nitrogens with zero attached hydrogens (tertiary/aromatic N) is 2. The molecule has 2 aliphatic heterocycles. The van der Waals surface area contributed by atoms with Crippen LogP contribution in [0.4, 0.5) is 0 Å². The van der Waals surface area contributed by atoms with Gasteiger partial charge in [0.1, 0.15) is 15.6 Å². The van der Waals surface area contributed by atoms with E-state index in [9.17, 15) is 24.3 Å². The largest absolute Gasteiger partial charge is 0.477 e. The number of nitrogens with two attached hydrogens (primary N) is 1. The summed E-state index contributed by atoms with van der Waals surface area (Å²) in [6.45, 7) is 1.54. The Kier molecular flexibility index (Phi) is 6.32. The number of carboxylic acid groups (broad SMARTS) is 1. The van der Waals surface area contributed by atoms with Crippen molar-refractivity contribution in [3.8, 4) is 0 Å². The van der Waals surface area contributed by atoms with Gasteiger partial charge in [-0.2, -0.15) is 5.10 Å². The maximum absolute atomic E-state index is 12.4. The molecule has 0 aliphatic carbocycles. The summed E-state index contributed by atoms with van der Waals surface area (Å²) >= 11 is 2.50. The molecule has 10 nitrogen and oxygen atoms in total. The fourth-order valence-electron chi connectivity index (χ4n) is 3.99. The standard InChI is InChI=1S/C21H21N5O5S2/c1-11(27)23-21(13-5-3-2-4-12(13)9-22)14(10-32-16-7-6-15(28)24-25-16)19(20(30)31)26-17(29)8-18(26)33-21/h2-7,18H,8-10,22H2,1H3,(H,23,27)(H,24,28)(H,30,31)/t18-,21?/m1/s1. The summed E-state index contributed by atoms with van der Waals surface area (Å²) in [5.41, 5.74) is 7.21. The number of hydrogen-bond acceptors (Lipinski definition) is 8. The number of β-lactam (4-membered cyclic amide) rings is 1. The molecule has 0 radical (unpaired) electrons. The van der Waals surface area contributed by atoms with Crippen molar-refractivity contribution in [3.63, 3.8) is 0 Å². The summed E-state index contributed by atoms with van der Waals surface area (Å²) in [4.78, 5) is 48.6. The third-order valence-electron chi connectivity index (χ3n) is 5.36. The summed E-state index contributed by atoms with van der Waals surface area (Å²) < 4.78 is 0. The fraction of sp³-hybridized carbons (Fsp3) is 0.286. The normalized spacial score (nSPS) is 21.9. The smallest absolute Gasteiger partial charge is 0.352 e. The van der Waals surface area contributed by atoms with Crippen molar-refractivity contribution in [3.05, 3.63) is 69.1 Å². The first-order valence-electron chi connectivity index (χ1n) is 9.99. The van der Waals surface area contributed by atoms with Crippen LogP contribution in [-0.4, -0.2) is 49.1 Å². The maximum Gasteiger partial charge on any atom is 0.352 e. The Hall–Kier alpha value is -3.09. The second kappa shape index (κ2) is 9.04. The molecule has 12 heteroatoms. The zero-order valence-corrected chi connectivity index (χ0v) is 19.2. The van der Waals surface area contributed by atoms with E-state index in [1.54, 1.807) is 6.07 Å². The molecule has 5 N–H and O–H groups in total. The van der Waals surface area contributed by atoms with Crippen molar-refractivity contribution in [1.82, 2.24) is 20.4 Å². The molecule has 172 valence electrons. The van der Waals surface area contributed by atoms with Gasteiger partial charge >= 0.3 is 5.97 Å². The Morgan fingerprint density at radius 3 is 2.70 bits per heavy atom. The predicted octanol–water partition coefficient (Wildman–Crippen LogP) is 0.954. The van der Waals surface area contributed by atoms with Gasteiger partial charge in [0.15, 0.2) is 0 Å². The molecule has 2 amide bonds. The number of thioether (sulfide) groups is 2. The van der Waals surface area contributed by atoms with E-state index in [-0.39, 0.29) is 41.8 Å². The van der Waals surface area contributed by atoms with E-state index < -0.39 is 16.2 Å². The molecule has 0 spiro atoms. The predicted molar refractivity (Wildman–Crippen MR) is 123 cm³/mol. The van der Waals surface area contributed by atoms with Crippen LogP contribution in [0.1, 0.15) is 24.5 Å². The molecule has 1 unspecified atom stereocenters. The van der Waals surface area contributed by atoms with Crippen LogP contribution in [0.2, 0.25) is 0 Å². The Morgan fingerprint density at radius 1 is 1.33 bits per heavy atom. The number of nitrogens with one attached hydrogen (secondary N) is 2. The van der Waals surface area contributed by atoms with Gasteiger partial charge in [-0.1, -0.05) is 47.8 Å². The Labute approximate surface area is 197 Å². The van der Waals surface area contributed by atoms with Gasteiger partial charge in [0.25, 0.3) is 5.56 Å². The number of aromatic amines is 1. The maximum atomic E-state index is 12.4. The second-order valence-electron chi connectivity index (χ2n) is 7.44. The molecule has 1 aromatic carbocycles. The number of aromatic nitrogens is 2. The van der Waals surface area contributed by atoms with Gasteiger partial charge in [0.2, 0.25) is 11.8 Å². The Balaban J connectivity index is 1.93. The van der Waals surface area contributed by atoms with Gasteiger partial charge in [0, 0.05) is 30.9 Å². The monoisotopic (exact) mass is 487 g/mol. The number of aliphatic carboxylic acids is 1. The van der Waals surface area contributed by atoms with Gasteiger partial charge in [-0.3, -0.25) is 19.3 Å². The van der Waals surface area contributed by atoms with Gasteiger partial charge in [-0.05, 0) is 17.2 Å². The highest BCUT2D eigenvalue weighted by Crippen LogP contribution is 2.55. The second-order valence-corrected chi connectivity index (χ2v) is 9.83. The number of H-pyrrole nitrogens is 1. The number of benzene rings is 1. The van der Waals surface area contributed by atoms with E-state index >= 15 is 0 Å². The SMILES string of the molecule is CC(=O)NC1(c2ccccc2CN)S[C@@H]2CC(=O)N2C(C(=O)O)=C1CSc1ccc(=O)[nH]n1. The summed E-state index contributed by atoms with van der Waals surface area (Å²) in [7, 11) is 0. The average molecular weight is 488 g/mol. The van der Waals surface area contributed by atoms with Gasteiger partial charge < -0.3 is 16.2 Å². The van der Waals surface area contributed by atoms with Crippen molar-refractivity contribution in [1.29, 1.82) is 0 Å². The molecular weight excluding hydrogens is 466 g/mol. The summed E-state index contributed by atoms with van der Waals surface area (Å²) in [5.74, 6) is -1.83. The third kappa shape index (κ3) is 4.16. The number of carbonyl (C=O) groups excluding carboxylic acids is 2. The van der Waals surface area contributed by atoms with Crippen LogP contribution in [-0.2, 0) is 25.8 Å². The molecule has 2 aliphatic rings. The van der Waals surface area contributed by atoms with Gasteiger partial charge in [-0.25, -0.2) is 9.89 Å². The lowest BCUT2D eigenvalue weighted by Crippen LogP contribution is -2.61. The molecule has 0 bridgehead atoms. The molecule has 0 saturated carbocycles. The minimum Gasteiger partial charge on any atom is -0.477 e. The van der Waals surface area contributed by atoms with Gasteiger partial charge in [-0.15, -0.1) is 0 Å².